The van der Waals surface area contributed by atoms with Gasteiger partial charge >= 0.3 is 0 Å². The molecule has 2 aromatic carbocycles. The minimum atomic E-state index is -0.792. The third kappa shape index (κ3) is 5.17. The standard InChI is InChI=1S/C24H31FN2/c1-19(2)24(18-26,22-12-8-9-13-23(22)25)16-14-20(3)27(4)17-15-21-10-6-5-7-11-21/h5-13,19-20H,14-17H2,1-4H3. The van der Waals surface area contributed by atoms with Crippen LogP contribution in [0, 0.1) is 23.1 Å². The maximum absolute atomic E-state index is 14.5. The molecule has 2 nitrogen and oxygen atoms in total. The highest BCUT2D eigenvalue weighted by Gasteiger charge is 2.38. The van der Waals surface area contributed by atoms with Crippen LogP contribution >= 0.6 is 0 Å². The van der Waals surface area contributed by atoms with Gasteiger partial charge in [-0.15, -0.1) is 0 Å². The van der Waals surface area contributed by atoms with Crippen LogP contribution in [0.3, 0.4) is 0 Å². The van der Waals surface area contributed by atoms with Gasteiger partial charge in [-0.3, -0.25) is 0 Å². The van der Waals surface area contributed by atoms with Crippen LogP contribution in [0.5, 0.6) is 0 Å². The molecule has 0 saturated heterocycles. The van der Waals surface area contributed by atoms with E-state index in [4.69, 9.17) is 0 Å². The lowest BCUT2D eigenvalue weighted by atomic mass is 9.69. The normalized spacial score (nSPS) is 14.7. The minimum absolute atomic E-state index is 0.0428. The molecular formula is C24H31FN2. The van der Waals surface area contributed by atoms with E-state index in [1.165, 1.54) is 11.6 Å². The Kier molecular flexibility index (Phi) is 7.56. The fourth-order valence-corrected chi connectivity index (χ4v) is 3.63. The highest BCUT2D eigenvalue weighted by Crippen LogP contribution is 2.38. The smallest absolute Gasteiger partial charge is 0.128 e. The third-order valence-electron chi connectivity index (χ3n) is 5.84. The zero-order valence-corrected chi connectivity index (χ0v) is 17.0. The second kappa shape index (κ2) is 9.67. The Morgan fingerprint density at radius 1 is 1.04 bits per heavy atom. The number of halogens is 1. The molecule has 0 spiro atoms. The largest absolute Gasteiger partial charge is 0.303 e. The Hall–Kier alpha value is -2.18. The van der Waals surface area contributed by atoms with Crippen LogP contribution in [0.1, 0.15) is 44.7 Å². The average Bonchev–Trinajstić information content (AvgIpc) is 2.68. The molecular weight excluding hydrogens is 335 g/mol. The van der Waals surface area contributed by atoms with E-state index in [2.05, 4.69) is 49.2 Å². The molecule has 3 heteroatoms. The first kappa shape index (κ1) is 21.1. The molecule has 0 aliphatic carbocycles. The fourth-order valence-electron chi connectivity index (χ4n) is 3.63. The first-order chi connectivity index (χ1) is 12.9. The van der Waals surface area contributed by atoms with Crippen molar-refractivity contribution in [1.82, 2.24) is 4.90 Å². The number of rotatable bonds is 9. The van der Waals surface area contributed by atoms with Crippen LogP contribution in [-0.4, -0.2) is 24.5 Å². The Morgan fingerprint density at radius 2 is 1.67 bits per heavy atom. The molecule has 144 valence electrons. The number of hydrogen-bond donors (Lipinski definition) is 0. The van der Waals surface area contributed by atoms with Crippen LogP contribution in [0.15, 0.2) is 54.6 Å². The van der Waals surface area contributed by atoms with Crippen molar-refractivity contribution in [3.8, 4) is 6.07 Å². The zero-order valence-electron chi connectivity index (χ0n) is 17.0. The van der Waals surface area contributed by atoms with Gasteiger partial charge in [-0.05, 0) is 50.8 Å². The van der Waals surface area contributed by atoms with E-state index in [1.807, 2.05) is 26.0 Å². The van der Waals surface area contributed by atoms with E-state index < -0.39 is 5.41 Å². The molecule has 0 aliphatic heterocycles. The number of nitrogens with zero attached hydrogens (tertiary/aromatic N) is 2. The second-order valence-corrected chi connectivity index (χ2v) is 7.82. The van der Waals surface area contributed by atoms with Gasteiger partial charge in [0.2, 0.25) is 0 Å². The first-order valence-corrected chi connectivity index (χ1v) is 9.81. The predicted octanol–water partition coefficient (Wildman–Crippen LogP) is 5.59. The van der Waals surface area contributed by atoms with Crippen molar-refractivity contribution in [2.45, 2.75) is 51.5 Å². The Labute approximate surface area is 163 Å². The van der Waals surface area contributed by atoms with Crippen LogP contribution in [0.4, 0.5) is 4.39 Å². The van der Waals surface area contributed by atoms with Crippen molar-refractivity contribution in [2.24, 2.45) is 5.92 Å². The molecule has 0 radical (unpaired) electrons. The van der Waals surface area contributed by atoms with Gasteiger partial charge in [-0.1, -0.05) is 62.4 Å². The number of benzene rings is 2. The summed E-state index contributed by atoms with van der Waals surface area (Å²) >= 11 is 0. The molecule has 2 atom stereocenters. The quantitative estimate of drug-likeness (QED) is 0.579. The van der Waals surface area contributed by atoms with Crippen LogP contribution in [0.25, 0.3) is 0 Å². The van der Waals surface area contributed by atoms with Crippen molar-refractivity contribution >= 4 is 0 Å². The molecule has 27 heavy (non-hydrogen) atoms. The molecule has 0 aliphatic rings. The van der Waals surface area contributed by atoms with Gasteiger partial charge in [0.15, 0.2) is 0 Å². The van der Waals surface area contributed by atoms with E-state index in [-0.39, 0.29) is 11.7 Å². The van der Waals surface area contributed by atoms with Crippen LogP contribution < -0.4 is 0 Å². The maximum Gasteiger partial charge on any atom is 0.128 e. The highest BCUT2D eigenvalue weighted by atomic mass is 19.1. The maximum atomic E-state index is 14.5. The molecule has 0 N–H and O–H groups in total. The summed E-state index contributed by atoms with van der Waals surface area (Å²) in [5, 5.41) is 10.00. The lowest BCUT2D eigenvalue weighted by molar-refractivity contribution is 0.224. The van der Waals surface area contributed by atoms with E-state index >= 15 is 0 Å². The van der Waals surface area contributed by atoms with Gasteiger partial charge in [-0.2, -0.15) is 5.26 Å². The zero-order chi connectivity index (χ0) is 19.9. The van der Waals surface area contributed by atoms with Crippen molar-refractivity contribution < 1.29 is 4.39 Å². The lowest BCUT2D eigenvalue weighted by Gasteiger charge is -2.34. The predicted molar refractivity (Wildman–Crippen MR) is 110 cm³/mol. The van der Waals surface area contributed by atoms with Crippen molar-refractivity contribution in [2.75, 3.05) is 13.6 Å². The third-order valence-corrected chi connectivity index (χ3v) is 5.84. The highest BCUT2D eigenvalue weighted by molar-refractivity contribution is 5.34. The van der Waals surface area contributed by atoms with Gasteiger partial charge in [0.25, 0.3) is 0 Å². The number of nitriles is 1. The van der Waals surface area contributed by atoms with Crippen molar-refractivity contribution in [1.29, 1.82) is 5.26 Å². The summed E-state index contributed by atoms with van der Waals surface area (Å²) in [5.74, 6) is -0.237. The van der Waals surface area contributed by atoms with Crippen LogP contribution in [-0.2, 0) is 11.8 Å². The van der Waals surface area contributed by atoms with Gasteiger partial charge in [0, 0.05) is 18.2 Å². The summed E-state index contributed by atoms with van der Waals surface area (Å²) in [6, 6.07) is 20.0. The molecule has 2 unspecified atom stereocenters. The molecule has 0 amide bonds. The second-order valence-electron chi connectivity index (χ2n) is 7.82. The SMILES string of the molecule is CC(CCC(C#N)(c1ccccc1F)C(C)C)N(C)CCc1ccccc1. The van der Waals surface area contributed by atoms with E-state index in [1.54, 1.807) is 12.1 Å². The van der Waals surface area contributed by atoms with Crippen molar-refractivity contribution in [3.63, 3.8) is 0 Å². The summed E-state index contributed by atoms with van der Waals surface area (Å²) in [4.78, 5) is 2.33. The molecule has 2 rings (SSSR count). The summed E-state index contributed by atoms with van der Waals surface area (Å²) < 4.78 is 14.5. The van der Waals surface area contributed by atoms with Crippen LogP contribution in [0.2, 0.25) is 0 Å². The molecule has 0 heterocycles. The molecule has 2 aromatic rings. The summed E-state index contributed by atoms with van der Waals surface area (Å²) in [6.07, 6.45) is 2.51. The molecule has 0 bridgehead atoms. The minimum Gasteiger partial charge on any atom is -0.303 e. The van der Waals surface area contributed by atoms with Gasteiger partial charge < -0.3 is 4.90 Å². The number of likely N-dealkylation sites (N-methyl/N-ethyl adjacent to an activating group) is 1. The number of hydrogen-bond acceptors (Lipinski definition) is 2. The Morgan fingerprint density at radius 3 is 2.26 bits per heavy atom. The monoisotopic (exact) mass is 366 g/mol. The van der Waals surface area contributed by atoms with E-state index in [9.17, 15) is 9.65 Å². The lowest BCUT2D eigenvalue weighted by Crippen LogP contribution is -2.36. The molecule has 0 fully saturated rings. The van der Waals surface area contributed by atoms with E-state index in [0.717, 1.165) is 19.4 Å². The summed E-state index contributed by atoms with van der Waals surface area (Å²) in [5.41, 5.74) is 1.07. The van der Waals surface area contributed by atoms with Gasteiger partial charge in [0.05, 0.1) is 11.5 Å². The molecule has 0 aromatic heterocycles. The molecule has 0 saturated carbocycles. The van der Waals surface area contributed by atoms with Gasteiger partial charge in [-0.25, -0.2) is 4.39 Å². The summed E-state index contributed by atoms with van der Waals surface area (Å²) in [7, 11) is 2.13. The Bertz CT molecular complexity index is 750. The average molecular weight is 367 g/mol. The summed E-state index contributed by atoms with van der Waals surface area (Å²) in [6.45, 7) is 7.18. The van der Waals surface area contributed by atoms with Crippen molar-refractivity contribution in [3.05, 3.63) is 71.5 Å². The fraction of sp³-hybridized carbons (Fsp3) is 0.458. The van der Waals surface area contributed by atoms with Gasteiger partial charge in [0.1, 0.15) is 5.82 Å². The Balaban J connectivity index is 2.04. The first-order valence-electron chi connectivity index (χ1n) is 9.81. The van der Waals surface area contributed by atoms with E-state index in [0.29, 0.717) is 18.0 Å². The topological polar surface area (TPSA) is 27.0 Å².